The number of allylic oxidation sites excluding steroid dienone is 1. The molecule has 2 amide bonds. The minimum Gasteiger partial charge on any atom is -0.466 e. The summed E-state index contributed by atoms with van der Waals surface area (Å²) in [5, 5.41) is 7.18. The second kappa shape index (κ2) is 4.58. The Labute approximate surface area is 102 Å². The fraction of sp³-hybridized carbons (Fsp3) is 0.273. The van der Waals surface area contributed by atoms with Crippen molar-refractivity contribution in [2.75, 3.05) is 7.11 Å². The van der Waals surface area contributed by atoms with Crippen LogP contribution in [0.5, 0.6) is 0 Å². The molecule has 2 heterocycles. The molecular formula is C11H12N2O3S. The summed E-state index contributed by atoms with van der Waals surface area (Å²) in [4.78, 5) is 24.1. The maximum absolute atomic E-state index is 11.7. The van der Waals surface area contributed by atoms with Gasteiger partial charge in [0.15, 0.2) is 0 Å². The molecule has 0 fully saturated rings. The van der Waals surface area contributed by atoms with E-state index in [1.807, 2.05) is 17.5 Å². The zero-order chi connectivity index (χ0) is 12.4. The molecule has 5 nitrogen and oxygen atoms in total. The molecule has 2 N–H and O–H groups in total. The predicted octanol–water partition coefficient (Wildman–Crippen LogP) is 1.55. The molecule has 17 heavy (non-hydrogen) atoms. The highest BCUT2D eigenvalue weighted by Gasteiger charge is 2.32. The van der Waals surface area contributed by atoms with Crippen molar-refractivity contribution in [2.45, 2.75) is 13.0 Å². The number of rotatable bonds is 2. The first-order valence-electron chi connectivity index (χ1n) is 5.03. The van der Waals surface area contributed by atoms with Gasteiger partial charge in [0.05, 0.1) is 18.7 Å². The number of hydrogen-bond acceptors (Lipinski definition) is 4. The van der Waals surface area contributed by atoms with Crippen LogP contribution >= 0.6 is 11.3 Å². The smallest absolute Gasteiger partial charge is 0.338 e. The first-order chi connectivity index (χ1) is 8.13. The zero-order valence-corrected chi connectivity index (χ0v) is 10.3. The highest BCUT2D eigenvalue weighted by Crippen LogP contribution is 2.30. The van der Waals surface area contributed by atoms with E-state index in [1.54, 1.807) is 6.92 Å². The Kier molecular flexibility index (Phi) is 3.14. The summed E-state index contributed by atoms with van der Waals surface area (Å²) in [5.74, 6) is -0.437. The van der Waals surface area contributed by atoms with Crippen molar-refractivity contribution < 1.29 is 14.3 Å². The summed E-state index contributed by atoms with van der Waals surface area (Å²) in [6.45, 7) is 1.69. The monoisotopic (exact) mass is 252 g/mol. The van der Waals surface area contributed by atoms with Crippen LogP contribution in [0.1, 0.15) is 17.8 Å². The SMILES string of the molecule is COC(=O)C1=C(C)NC(=O)N[C@H]1c1cccs1. The highest BCUT2D eigenvalue weighted by atomic mass is 32.1. The molecule has 0 aliphatic carbocycles. The molecule has 0 spiro atoms. The van der Waals surface area contributed by atoms with Crippen molar-refractivity contribution in [1.82, 2.24) is 10.6 Å². The van der Waals surface area contributed by atoms with Crippen molar-refractivity contribution in [3.05, 3.63) is 33.7 Å². The first-order valence-corrected chi connectivity index (χ1v) is 5.91. The molecule has 0 saturated heterocycles. The normalized spacial score (nSPS) is 19.6. The molecule has 0 aromatic carbocycles. The lowest BCUT2D eigenvalue weighted by molar-refractivity contribution is -0.136. The highest BCUT2D eigenvalue weighted by molar-refractivity contribution is 7.10. The van der Waals surface area contributed by atoms with Gasteiger partial charge < -0.3 is 15.4 Å². The fourth-order valence-corrected chi connectivity index (χ4v) is 2.53. The average Bonchev–Trinajstić information content (AvgIpc) is 2.80. The molecule has 6 heteroatoms. The first kappa shape index (κ1) is 11.7. The standard InChI is InChI=1S/C11H12N2O3S/c1-6-8(10(14)16-2)9(13-11(15)12-6)7-4-3-5-17-7/h3-5,9H,1-2H3,(H2,12,13,15)/t9-/m0/s1. The van der Waals surface area contributed by atoms with Gasteiger partial charge in [-0.05, 0) is 18.4 Å². The van der Waals surface area contributed by atoms with Gasteiger partial charge in [0.1, 0.15) is 0 Å². The fourth-order valence-electron chi connectivity index (χ4n) is 1.74. The Morgan fingerprint density at radius 1 is 1.53 bits per heavy atom. The van der Waals surface area contributed by atoms with E-state index < -0.39 is 12.0 Å². The van der Waals surface area contributed by atoms with Gasteiger partial charge in [-0.15, -0.1) is 11.3 Å². The van der Waals surface area contributed by atoms with Crippen molar-refractivity contribution in [3.8, 4) is 0 Å². The maximum Gasteiger partial charge on any atom is 0.338 e. The van der Waals surface area contributed by atoms with Crippen LogP contribution in [0, 0.1) is 0 Å². The minimum atomic E-state index is -0.437. The summed E-state index contributed by atoms with van der Waals surface area (Å²) >= 11 is 1.48. The lowest BCUT2D eigenvalue weighted by Crippen LogP contribution is -2.45. The van der Waals surface area contributed by atoms with Gasteiger partial charge in [-0.2, -0.15) is 0 Å². The Morgan fingerprint density at radius 3 is 2.88 bits per heavy atom. The second-order valence-electron chi connectivity index (χ2n) is 3.58. The molecule has 0 radical (unpaired) electrons. The number of carbonyl (C=O) groups excluding carboxylic acids is 2. The predicted molar refractivity (Wildman–Crippen MR) is 63.4 cm³/mol. The summed E-state index contributed by atoms with van der Waals surface area (Å²) in [5.41, 5.74) is 0.966. The van der Waals surface area contributed by atoms with Gasteiger partial charge in [-0.1, -0.05) is 6.07 Å². The molecule has 1 aromatic rings. The number of carbonyl (C=O) groups is 2. The van der Waals surface area contributed by atoms with Gasteiger partial charge in [0.25, 0.3) is 0 Å². The number of ether oxygens (including phenoxy) is 1. The Morgan fingerprint density at radius 2 is 2.29 bits per heavy atom. The number of urea groups is 1. The van der Waals surface area contributed by atoms with E-state index in [0.717, 1.165) is 4.88 Å². The molecular weight excluding hydrogens is 240 g/mol. The molecule has 1 atom stereocenters. The lowest BCUT2D eigenvalue weighted by atomic mass is 10.0. The van der Waals surface area contributed by atoms with Crippen molar-refractivity contribution >= 4 is 23.3 Å². The van der Waals surface area contributed by atoms with Crippen LogP contribution in [0.15, 0.2) is 28.8 Å². The van der Waals surface area contributed by atoms with Crippen LogP contribution in [-0.2, 0) is 9.53 Å². The molecule has 1 aromatic heterocycles. The van der Waals surface area contributed by atoms with E-state index in [9.17, 15) is 9.59 Å². The molecule has 0 bridgehead atoms. The van der Waals surface area contributed by atoms with Crippen LogP contribution in [0.25, 0.3) is 0 Å². The van der Waals surface area contributed by atoms with Gasteiger partial charge in [0, 0.05) is 10.6 Å². The summed E-state index contributed by atoms with van der Waals surface area (Å²) in [7, 11) is 1.32. The van der Waals surface area contributed by atoms with Crippen LogP contribution in [0.2, 0.25) is 0 Å². The van der Waals surface area contributed by atoms with Crippen LogP contribution in [0.4, 0.5) is 4.79 Å². The second-order valence-corrected chi connectivity index (χ2v) is 4.56. The van der Waals surface area contributed by atoms with E-state index in [2.05, 4.69) is 10.6 Å². The van der Waals surface area contributed by atoms with Crippen LogP contribution in [0.3, 0.4) is 0 Å². The summed E-state index contributed by atoms with van der Waals surface area (Å²) in [6.07, 6.45) is 0. The third-order valence-corrected chi connectivity index (χ3v) is 3.44. The van der Waals surface area contributed by atoms with E-state index in [0.29, 0.717) is 11.3 Å². The van der Waals surface area contributed by atoms with Gasteiger partial charge >= 0.3 is 12.0 Å². The van der Waals surface area contributed by atoms with E-state index in [1.165, 1.54) is 18.4 Å². The van der Waals surface area contributed by atoms with Crippen LogP contribution in [-0.4, -0.2) is 19.1 Å². The number of hydrogen-bond donors (Lipinski definition) is 2. The van der Waals surface area contributed by atoms with Crippen molar-refractivity contribution in [2.24, 2.45) is 0 Å². The zero-order valence-electron chi connectivity index (χ0n) is 9.44. The van der Waals surface area contributed by atoms with E-state index >= 15 is 0 Å². The van der Waals surface area contributed by atoms with E-state index in [-0.39, 0.29) is 6.03 Å². The molecule has 0 unspecified atom stereocenters. The third kappa shape index (κ3) is 2.16. The number of methoxy groups -OCH3 is 1. The number of thiophene rings is 1. The number of amides is 2. The van der Waals surface area contributed by atoms with Gasteiger partial charge in [-0.25, -0.2) is 9.59 Å². The van der Waals surface area contributed by atoms with Gasteiger partial charge in [0.2, 0.25) is 0 Å². The van der Waals surface area contributed by atoms with Crippen molar-refractivity contribution in [1.29, 1.82) is 0 Å². The number of esters is 1. The lowest BCUT2D eigenvalue weighted by Gasteiger charge is -2.26. The average molecular weight is 252 g/mol. The van der Waals surface area contributed by atoms with E-state index in [4.69, 9.17) is 4.74 Å². The molecule has 1 aliphatic heterocycles. The largest absolute Gasteiger partial charge is 0.466 e. The topological polar surface area (TPSA) is 67.4 Å². The molecule has 90 valence electrons. The molecule has 2 rings (SSSR count). The third-order valence-electron chi connectivity index (χ3n) is 2.50. The van der Waals surface area contributed by atoms with Gasteiger partial charge in [-0.3, -0.25) is 0 Å². The Hall–Kier alpha value is -1.82. The minimum absolute atomic E-state index is 0.312. The Bertz CT molecular complexity index is 479. The van der Waals surface area contributed by atoms with Crippen molar-refractivity contribution in [3.63, 3.8) is 0 Å². The molecule has 0 saturated carbocycles. The maximum atomic E-state index is 11.7. The Balaban J connectivity index is 2.44. The summed E-state index contributed by atoms with van der Waals surface area (Å²) in [6, 6.07) is 3.00. The number of nitrogens with one attached hydrogen (secondary N) is 2. The molecule has 1 aliphatic rings. The summed E-state index contributed by atoms with van der Waals surface area (Å²) < 4.78 is 4.74. The van der Waals surface area contributed by atoms with Crippen LogP contribution < -0.4 is 10.6 Å². The quantitative estimate of drug-likeness (QED) is 0.785.